The second-order valence-corrected chi connectivity index (χ2v) is 7.32. The summed E-state index contributed by atoms with van der Waals surface area (Å²) in [6.07, 6.45) is 2.87. The molecule has 1 N–H and O–H groups in total. The van der Waals surface area contributed by atoms with Crippen LogP contribution in [-0.4, -0.2) is 44.1 Å². The minimum atomic E-state index is 0.0773. The first-order chi connectivity index (χ1) is 12.7. The average Bonchev–Trinajstić information content (AvgIpc) is 3.11. The van der Waals surface area contributed by atoms with Crippen LogP contribution in [0, 0.1) is 6.92 Å². The van der Waals surface area contributed by atoms with Crippen LogP contribution in [0.5, 0.6) is 0 Å². The van der Waals surface area contributed by atoms with Crippen molar-refractivity contribution in [2.75, 3.05) is 13.1 Å². The van der Waals surface area contributed by atoms with E-state index in [9.17, 15) is 4.79 Å². The highest BCUT2D eigenvalue weighted by atomic mass is 16.5. The van der Waals surface area contributed by atoms with Crippen LogP contribution in [-0.2, 0) is 17.9 Å². The Morgan fingerprint density at radius 2 is 2.27 bits per heavy atom. The molecule has 1 aromatic carbocycles. The number of piperidine rings is 1. The molecule has 4 heterocycles. The molecule has 1 saturated heterocycles. The van der Waals surface area contributed by atoms with Crippen molar-refractivity contribution >= 4 is 10.9 Å². The van der Waals surface area contributed by atoms with Crippen LogP contribution in [0.25, 0.3) is 10.9 Å². The van der Waals surface area contributed by atoms with E-state index in [-0.39, 0.29) is 17.6 Å². The monoisotopic (exact) mass is 351 g/mol. The largest absolute Gasteiger partial charge is 0.368 e. The first-order valence-corrected chi connectivity index (χ1v) is 9.03. The van der Waals surface area contributed by atoms with Crippen molar-refractivity contribution in [2.24, 2.45) is 0 Å². The number of nitrogens with one attached hydrogen (secondary N) is 1. The van der Waals surface area contributed by atoms with Crippen molar-refractivity contribution in [2.45, 2.75) is 38.6 Å². The number of benzene rings is 1. The standard InChI is InChI=1S/C19H21N5O2/c1-12-2-3-16-15(6-12)18(25)7-13(21-16)9-23-5-4-17-19(10-23)26-11-14-8-20-22-24(14)17/h2-3,6-8,17,19H,4-5,9-11H2,1H3,(H,21,25)/t17-,19-/m0/s1. The molecule has 7 heteroatoms. The van der Waals surface area contributed by atoms with E-state index in [2.05, 4.69) is 20.2 Å². The first-order valence-electron chi connectivity index (χ1n) is 9.03. The molecule has 2 aliphatic heterocycles. The quantitative estimate of drug-likeness (QED) is 0.762. The highest BCUT2D eigenvalue weighted by Gasteiger charge is 2.36. The number of likely N-dealkylation sites (tertiary alicyclic amines) is 1. The minimum Gasteiger partial charge on any atom is -0.368 e. The van der Waals surface area contributed by atoms with Crippen LogP contribution in [0.4, 0.5) is 0 Å². The molecule has 0 bridgehead atoms. The predicted octanol–water partition coefficient (Wildman–Crippen LogP) is 1.77. The Balaban J connectivity index is 1.36. The second-order valence-electron chi connectivity index (χ2n) is 7.32. The second kappa shape index (κ2) is 6.03. The predicted molar refractivity (Wildman–Crippen MR) is 96.8 cm³/mol. The van der Waals surface area contributed by atoms with Gasteiger partial charge in [-0.3, -0.25) is 9.69 Å². The van der Waals surface area contributed by atoms with E-state index in [4.69, 9.17) is 4.74 Å². The third-order valence-electron chi connectivity index (χ3n) is 5.45. The average molecular weight is 351 g/mol. The summed E-state index contributed by atoms with van der Waals surface area (Å²) in [7, 11) is 0. The van der Waals surface area contributed by atoms with Gasteiger partial charge < -0.3 is 9.72 Å². The molecule has 1 fully saturated rings. The molecule has 7 nitrogen and oxygen atoms in total. The molecule has 0 radical (unpaired) electrons. The number of hydrogen-bond donors (Lipinski definition) is 1. The van der Waals surface area contributed by atoms with Crippen LogP contribution in [0.1, 0.15) is 29.4 Å². The minimum absolute atomic E-state index is 0.0773. The number of rotatable bonds is 2. The summed E-state index contributed by atoms with van der Waals surface area (Å²) in [6.45, 7) is 5.06. The Hall–Kier alpha value is -2.51. The van der Waals surface area contributed by atoms with Crippen LogP contribution >= 0.6 is 0 Å². The van der Waals surface area contributed by atoms with Gasteiger partial charge in [-0.05, 0) is 25.5 Å². The highest BCUT2D eigenvalue weighted by Crippen LogP contribution is 2.30. The number of fused-ring (bicyclic) bond motifs is 4. The van der Waals surface area contributed by atoms with Gasteiger partial charge in [-0.25, -0.2) is 4.68 Å². The molecule has 5 rings (SSSR count). The maximum Gasteiger partial charge on any atom is 0.189 e. The van der Waals surface area contributed by atoms with Crippen LogP contribution in [0.3, 0.4) is 0 Å². The molecular weight excluding hydrogens is 330 g/mol. The number of aromatic amines is 1. The maximum absolute atomic E-state index is 12.4. The zero-order valence-corrected chi connectivity index (χ0v) is 14.7. The smallest absolute Gasteiger partial charge is 0.189 e. The van der Waals surface area contributed by atoms with Gasteiger partial charge in [0.25, 0.3) is 0 Å². The van der Waals surface area contributed by atoms with Gasteiger partial charge in [0.05, 0.1) is 30.6 Å². The summed E-state index contributed by atoms with van der Waals surface area (Å²) in [4.78, 5) is 18.2. The molecule has 2 aromatic heterocycles. The lowest BCUT2D eigenvalue weighted by molar-refractivity contribution is -0.0706. The summed E-state index contributed by atoms with van der Waals surface area (Å²) in [5.74, 6) is 0. The molecule has 134 valence electrons. The van der Waals surface area contributed by atoms with Gasteiger partial charge in [0.2, 0.25) is 0 Å². The SMILES string of the molecule is Cc1ccc2[nH]c(CN3CC[C@H]4[C@H](C3)OCc3cnnn34)cc(=O)c2c1. The highest BCUT2D eigenvalue weighted by molar-refractivity contribution is 5.79. The Kier molecular flexibility index (Phi) is 3.65. The van der Waals surface area contributed by atoms with E-state index in [1.165, 1.54) is 0 Å². The van der Waals surface area contributed by atoms with E-state index < -0.39 is 0 Å². The van der Waals surface area contributed by atoms with Crippen molar-refractivity contribution in [3.63, 3.8) is 0 Å². The number of nitrogens with zero attached hydrogens (tertiary/aromatic N) is 4. The van der Waals surface area contributed by atoms with Gasteiger partial charge >= 0.3 is 0 Å². The van der Waals surface area contributed by atoms with Gasteiger partial charge in [0.1, 0.15) is 0 Å². The van der Waals surface area contributed by atoms with Crippen LogP contribution in [0.2, 0.25) is 0 Å². The number of hydrogen-bond acceptors (Lipinski definition) is 5. The fraction of sp³-hybridized carbons (Fsp3) is 0.421. The Bertz CT molecular complexity index is 1020. The zero-order valence-electron chi connectivity index (χ0n) is 14.7. The van der Waals surface area contributed by atoms with E-state index >= 15 is 0 Å². The number of ether oxygens (including phenoxy) is 1. The number of aryl methyl sites for hydroxylation is 1. The van der Waals surface area contributed by atoms with Gasteiger partial charge in [-0.1, -0.05) is 16.8 Å². The first kappa shape index (κ1) is 15.7. The zero-order chi connectivity index (χ0) is 17.7. The summed E-state index contributed by atoms with van der Waals surface area (Å²) in [5.41, 5.74) is 4.07. The third-order valence-corrected chi connectivity index (χ3v) is 5.45. The lowest BCUT2D eigenvalue weighted by atomic mass is 10.00. The summed E-state index contributed by atoms with van der Waals surface area (Å²) in [5, 5.41) is 8.98. The number of H-pyrrole nitrogens is 1. The topological polar surface area (TPSA) is 76.0 Å². The van der Waals surface area contributed by atoms with Crippen LogP contribution in [0.15, 0.2) is 35.3 Å². The van der Waals surface area contributed by atoms with E-state index in [0.717, 1.165) is 53.9 Å². The Morgan fingerprint density at radius 3 is 3.19 bits per heavy atom. The lowest BCUT2D eigenvalue weighted by Crippen LogP contribution is -2.48. The van der Waals surface area contributed by atoms with Crippen molar-refractivity contribution in [3.8, 4) is 0 Å². The lowest BCUT2D eigenvalue weighted by Gasteiger charge is -2.40. The molecular formula is C19H21N5O2. The molecule has 3 aromatic rings. The van der Waals surface area contributed by atoms with E-state index in [1.807, 2.05) is 29.8 Å². The molecule has 2 aliphatic rings. The van der Waals surface area contributed by atoms with E-state index in [0.29, 0.717) is 6.61 Å². The van der Waals surface area contributed by atoms with Gasteiger partial charge in [-0.15, -0.1) is 5.10 Å². The molecule has 0 unspecified atom stereocenters. The number of pyridine rings is 1. The molecule has 26 heavy (non-hydrogen) atoms. The maximum atomic E-state index is 12.4. The molecule has 0 saturated carbocycles. The molecule has 0 amide bonds. The van der Waals surface area contributed by atoms with Gasteiger partial charge in [0.15, 0.2) is 5.43 Å². The summed E-state index contributed by atoms with van der Waals surface area (Å²) < 4.78 is 8.05. The molecule has 0 spiro atoms. The Morgan fingerprint density at radius 1 is 1.35 bits per heavy atom. The summed E-state index contributed by atoms with van der Waals surface area (Å²) >= 11 is 0. The molecule has 2 atom stereocenters. The van der Waals surface area contributed by atoms with Gasteiger partial charge in [-0.2, -0.15) is 0 Å². The Labute approximate surface area is 150 Å². The number of aromatic nitrogens is 4. The summed E-state index contributed by atoms with van der Waals surface area (Å²) in [6, 6.07) is 7.94. The van der Waals surface area contributed by atoms with Crippen molar-refractivity contribution in [1.29, 1.82) is 0 Å². The molecule has 0 aliphatic carbocycles. The van der Waals surface area contributed by atoms with Crippen molar-refractivity contribution in [3.05, 3.63) is 57.6 Å². The normalized spacial score (nSPS) is 23.0. The fourth-order valence-corrected chi connectivity index (χ4v) is 4.14. The third kappa shape index (κ3) is 2.64. The van der Waals surface area contributed by atoms with E-state index in [1.54, 1.807) is 12.3 Å². The van der Waals surface area contributed by atoms with Crippen molar-refractivity contribution < 1.29 is 4.74 Å². The van der Waals surface area contributed by atoms with Crippen molar-refractivity contribution in [1.82, 2.24) is 24.9 Å². The van der Waals surface area contributed by atoms with Crippen LogP contribution < -0.4 is 5.43 Å². The fourth-order valence-electron chi connectivity index (χ4n) is 4.14. The van der Waals surface area contributed by atoms with Gasteiger partial charge in [0, 0.05) is 42.3 Å².